The van der Waals surface area contributed by atoms with Crippen LogP contribution in [0.2, 0.25) is 0 Å². The number of fused-ring (bicyclic) bond motifs is 1. The van der Waals surface area contributed by atoms with E-state index in [1.807, 2.05) is 42.5 Å². The Morgan fingerprint density at radius 1 is 1.24 bits per heavy atom. The highest BCUT2D eigenvalue weighted by molar-refractivity contribution is 6.02. The van der Waals surface area contributed by atoms with Crippen molar-refractivity contribution in [2.75, 3.05) is 18.7 Å². The highest BCUT2D eigenvalue weighted by Crippen LogP contribution is 2.26. The first kappa shape index (κ1) is 11.4. The van der Waals surface area contributed by atoms with Gasteiger partial charge in [-0.15, -0.1) is 0 Å². The number of carbonyl (C=O) groups excluding carboxylic acids is 1. The summed E-state index contributed by atoms with van der Waals surface area (Å²) < 4.78 is 4.99. The molecule has 0 fully saturated rings. The summed E-state index contributed by atoms with van der Waals surface area (Å²) in [7, 11) is 1.53. The molecule has 0 saturated heterocycles. The van der Waals surface area contributed by atoms with Gasteiger partial charge in [-0.3, -0.25) is 4.90 Å². The second-order valence-corrected chi connectivity index (χ2v) is 3.68. The number of nitrogens with zero attached hydrogens (tertiary/aromatic N) is 1. The first-order chi connectivity index (χ1) is 8.24. The number of nitrogens with two attached hydrogens (primary N) is 1. The lowest BCUT2D eigenvalue weighted by atomic mass is 10.1. The molecule has 0 aliphatic rings. The Morgan fingerprint density at radius 3 is 2.65 bits per heavy atom. The van der Waals surface area contributed by atoms with Crippen molar-refractivity contribution in [2.24, 2.45) is 5.73 Å². The van der Waals surface area contributed by atoms with E-state index in [1.54, 1.807) is 0 Å². The maximum absolute atomic E-state index is 11.4. The highest BCUT2D eigenvalue weighted by Gasteiger charge is 2.14. The van der Waals surface area contributed by atoms with E-state index in [2.05, 4.69) is 0 Å². The fourth-order valence-corrected chi connectivity index (χ4v) is 1.82. The fourth-order valence-electron chi connectivity index (χ4n) is 1.82. The van der Waals surface area contributed by atoms with Crippen molar-refractivity contribution in [3.63, 3.8) is 0 Å². The van der Waals surface area contributed by atoms with Crippen molar-refractivity contribution >= 4 is 22.5 Å². The normalized spacial score (nSPS) is 10.4. The molecule has 0 radical (unpaired) electrons. The molecule has 0 saturated carbocycles. The second-order valence-electron chi connectivity index (χ2n) is 3.68. The number of primary amides is 1. The summed E-state index contributed by atoms with van der Waals surface area (Å²) in [6.07, 6.45) is 0. The van der Waals surface area contributed by atoms with Gasteiger partial charge in [0.25, 0.3) is 0 Å². The van der Waals surface area contributed by atoms with Gasteiger partial charge in [0, 0.05) is 12.5 Å². The van der Waals surface area contributed by atoms with Crippen molar-refractivity contribution in [1.29, 1.82) is 0 Å². The van der Waals surface area contributed by atoms with E-state index in [4.69, 9.17) is 10.5 Å². The number of urea groups is 1. The third kappa shape index (κ3) is 2.21. The van der Waals surface area contributed by atoms with E-state index >= 15 is 0 Å². The predicted octanol–water partition coefficient (Wildman–Crippen LogP) is 2.33. The number of anilines is 1. The molecule has 4 nitrogen and oxygen atoms in total. The van der Waals surface area contributed by atoms with Crippen LogP contribution in [0.1, 0.15) is 0 Å². The molecular formula is C13H14N2O2. The molecule has 0 bridgehead atoms. The molecule has 2 aromatic rings. The monoisotopic (exact) mass is 230 g/mol. The molecular weight excluding hydrogens is 216 g/mol. The van der Waals surface area contributed by atoms with Gasteiger partial charge in [0.1, 0.15) is 6.73 Å². The van der Waals surface area contributed by atoms with Crippen molar-refractivity contribution in [3.8, 4) is 0 Å². The molecule has 4 heteroatoms. The molecule has 0 spiro atoms. The zero-order chi connectivity index (χ0) is 12.3. The first-order valence-corrected chi connectivity index (χ1v) is 5.27. The minimum atomic E-state index is -0.525. The second kappa shape index (κ2) is 4.84. The van der Waals surface area contributed by atoms with Crippen molar-refractivity contribution in [1.82, 2.24) is 0 Å². The molecule has 17 heavy (non-hydrogen) atoms. The third-order valence-electron chi connectivity index (χ3n) is 2.58. The smallest absolute Gasteiger partial charge is 0.321 e. The Hall–Kier alpha value is -2.07. The molecule has 0 atom stereocenters. The SMILES string of the molecule is COCN(C(N)=O)c1cccc2ccccc12. The molecule has 88 valence electrons. The van der Waals surface area contributed by atoms with Crippen molar-refractivity contribution in [3.05, 3.63) is 42.5 Å². The topological polar surface area (TPSA) is 55.6 Å². The summed E-state index contributed by atoms with van der Waals surface area (Å²) in [6, 6.07) is 13.0. The average molecular weight is 230 g/mol. The molecule has 0 aromatic heterocycles. The summed E-state index contributed by atoms with van der Waals surface area (Å²) in [6.45, 7) is 0.142. The Balaban J connectivity index is 2.56. The maximum Gasteiger partial charge on any atom is 0.321 e. The van der Waals surface area contributed by atoms with Crippen LogP contribution in [0.4, 0.5) is 10.5 Å². The van der Waals surface area contributed by atoms with E-state index < -0.39 is 6.03 Å². The van der Waals surface area contributed by atoms with Gasteiger partial charge in [-0.1, -0.05) is 36.4 Å². The molecule has 2 amide bonds. The van der Waals surface area contributed by atoms with Gasteiger partial charge in [0.15, 0.2) is 0 Å². The van der Waals surface area contributed by atoms with Gasteiger partial charge in [0.2, 0.25) is 0 Å². The number of methoxy groups -OCH3 is 1. The van der Waals surface area contributed by atoms with Gasteiger partial charge in [-0.2, -0.15) is 0 Å². The quantitative estimate of drug-likeness (QED) is 0.823. The molecule has 2 aromatic carbocycles. The number of rotatable bonds is 3. The number of hydrogen-bond acceptors (Lipinski definition) is 2. The Bertz CT molecular complexity index is 534. The van der Waals surface area contributed by atoms with Crippen molar-refractivity contribution < 1.29 is 9.53 Å². The minimum Gasteiger partial charge on any atom is -0.364 e. The van der Waals surface area contributed by atoms with E-state index in [-0.39, 0.29) is 6.73 Å². The van der Waals surface area contributed by atoms with Crippen LogP contribution >= 0.6 is 0 Å². The van der Waals surface area contributed by atoms with Crippen LogP contribution in [-0.4, -0.2) is 19.9 Å². The predicted molar refractivity (Wildman–Crippen MR) is 67.9 cm³/mol. The zero-order valence-electron chi connectivity index (χ0n) is 9.59. The molecule has 0 aliphatic heterocycles. The standard InChI is InChI=1S/C13H14N2O2/c1-17-9-15(13(14)16)12-8-4-6-10-5-2-3-7-11(10)12/h2-8H,9H2,1H3,(H2,14,16). The van der Waals surface area contributed by atoms with Gasteiger partial charge in [-0.25, -0.2) is 4.79 Å². The lowest BCUT2D eigenvalue weighted by Crippen LogP contribution is -2.37. The number of amides is 2. The Labute approximate surface area is 99.6 Å². The summed E-state index contributed by atoms with van der Waals surface area (Å²) in [5.74, 6) is 0. The summed E-state index contributed by atoms with van der Waals surface area (Å²) in [5.41, 5.74) is 6.11. The summed E-state index contributed by atoms with van der Waals surface area (Å²) in [5, 5.41) is 2.04. The van der Waals surface area contributed by atoms with Gasteiger partial charge < -0.3 is 10.5 Å². The van der Waals surface area contributed by atoms with Gasteiger partial charge >= 0.3 is 6.03 Å². The lowest BCUT2D eigenvalue weighted by Gasteiger charge is -2.21. The van der Waals surface area contributed by atoms with Crippen LogP contribution in [0.3, 0.4) is 0 Å². The Kier molecular flexibility index (Phi) is 3.25. The number of carbonyl (C=O) groups is 1. The summed E-state index contributed by atoms with van der Waals surface area (Å²) >= 11 is 0. The largest absolute Gasteiger partial charge is 0.364 e. The van der Waals surface area contributed by atoms with Crippen LogP contribution in [0, 0.1) is 0 Å². The highest BCUT2D eigenvalue weighted by atomic mass is 16.5. The van der Waals surface area contributed by atoms with E-state index in [0.29, 0.717) is 0 Å². The van der Waals surface area contributed by atoms with Crippen LogP contribution in [0.5, 0.6) is 0 Å². The Morgan fingerprint density at radius 2 is 1.94 bits per heavy atom. The number of ether oxygens (including phenoxy) is 1. The molecule has 0 heterocycles. The summed E-state index contributed by atoms with van der Waals surface area (Å²) in [4.78, 5) is 12.8. The lowest BCUT2D eigenvalue weighted by molar-refractivity contribution is 0.194. The number of benzene rings is 2. The van der Waals surface area contributed by atoms with E-state index in [0.717, 1.165) is 16.5 Å². The van der Waals surface area contributed by atoms with Crippen LogP contribution in [0.25, 0.3) is 10.8 Å². The zero-order valence-corrected chi connectivity index (χ0v) is 9.59. The fraction of sp³-hybridized carbons (Fsp3) is 0.154. The van der Waals surface area contributed by atoms with E-state index in [1.165, 1.54) is 12.0 Å². The van der Waals surface area contributed by atoms with E-state index in [9.17, 15) is 4.79 Å². The van der Waals surface area contributed by atoms with Gasteiger partial charge in [0.05, 0.1) is 5.69 Å². The minimum absolute atomic E-state index is 0.142. The maximum atomic E-state index is 11.4. The molecule has 0 aliphatic carbocycles. The molecule has 2 rings (SSSR count). The van der Waals surface area contributed by atoms with Crippen molar-refractivity contribution in [2.45, 2.75) is 0 Å². The van der Waals surface area contributed by atoms with Crippen LogP contribution in [0.15, 0.2) is 42.5 Å². The number of hydrogen-bond donors (Lipinski definition) is 1. The first-order valence-electron chi connectivity index (χ1n) is 5.27. The molecule has 2 N–H and O–H groups in total. The third-order valence-corrected chi connectivity index (χ3v) is 2.58. The van der Waals surface area contributed by atoms with Crippen LogP contribution < -0.4 is 10.6 Å². The average Bonchev–Trinajstić information content (AvgIpc) is 2.35. The van der Waals surface area contributed by atoms with Gasteiger partial charge in [-0.05, 0) is 11.5 Å². The molecule has 0 unspecified atom stereocenters. The van der Waals surface area contributed by atoms with Crippen LogP contribution in [-0.2, 0) is 4.74 Å².